The van der Waals surface area contributed by atoms with Crippen molar-refractivity contribution in [2.75, 3.05) is 6.54 Å². The number of carbonyl (C=O) groups is 2. The molecule has 0 spiro atoms. The zero-order valence-electron chi connectivity index (χ0n) is 11.7. The summed E-state index contributed by atoms with van der Waals surface area (Å²) in [6.45, 7) is 5.47. The second-order valence-electron chi connectivity index (χ2n) is 6.32. The van der Waals surface area contributed by atoms with E-state index in [9.17, 15) is 14.7 Å². The summed E-state index contributed by atoms with van der Waals surface area (Å²) >= 11 is 0. The number of ether oxygens (including phenoxy) is 1. The van der Waals surface area contributed by atoms with Crippen LogP contribution in [0.5, 0.6) is 0 Å². The van der Waals surface area contributed by atoms with Crippen LogP contribution in [0, 0.1) is 0 Å². The number of nitrogens with zero attached hydrogens (tertiary/aromatic N) is 1. The van der Waals surface area contributed by atoms with E-state index in [1.165, 1.54) is 4.90 Å². The fraction of sp³-hybridized carbons (Fsp3) is 0.846. The Hall–Kier alpha value is -1.30. The van der Waals surface area contributed by atoms with E-state index in [-0.39, 0.29) is 24.9 Å². The van der Waals surface area contributed by atoms with Crippen LogP contribution in [0.3, 0.4) is 0 Å². The minimum absolute atomic E-state index is 0.150. The first kappa shape index (κ1) is 14.1. The van der Waals surface area contributed by atoms with Crippen molar-refractivity contribution in [1.29, 1.82) is 0 Å². The molecule has 0 radical (unpaired) electrons. The zero-order valence-corrected chi connectivity index (χ0v) is 11.7. The van der Waals surface area contributed by atoms with Gasteiger partial charge in [0.1, 0.15) is 11.6 Å². The van der Waals surface area contributed by atoms with Crippen molar-refractivity contribution in [3.05, 3.63) is 0 Å². The van der Waals surface area contributed by atoms with Gasteiger partial charge in [0.25, 0.3) is 0 Å². The largest absolute Gasteiger partial charge is 0.444 e. The first-order chi connectivity index (χ1) is 8.76. The molecule has 2 amide bonds. The molecule has 6 heteroatoms. The molecule has 1 aliphatic carbocycles. The van der Waals surface area contributed by atoms with Gasteiger partial charge in [-0.15, -0.1) is 0 Å². The lowest BCUT2D eigenvalue weighted by atomic mass is 10.2. The highest BCUT2D eigenvalue weighted by atomic mass is 16.6. The lowest BCUT2D eigenvalue weighted by molar-refractivity contribution is -0.125. The Kier molecular flexibility index (Phi) is 3.71. The number of hydrogen-bond donors (Lipinski definition) is 2. The average Bonchev–Trinajstić information content (AvgIpc) is 2.96. The van der Waals surface area contributed by atoms with Crippen molar-refractivity contribution in [2.45, 2.75) is 63.8 Å². The minimum atomic E-state index is -0.664. The first-order valence-electron chi connectivity index (χ1n) is 6.74. The van der Waals surface area contributed by atoms with Crippen LogP contribution < -0.4 is 5.32 Å². The summed E-state index contributed by atoms with van der Waals surface area (Å²) in [7, 11) is 0. The number of aliphatic hydroxyl groups is 1. The van der Waals surface area contributed by atoms with Gasteiger partial charge in [-0.2, -0.15) is 0 Å². The number of amides is 2. The highest BCUT2D eigenvalue weighted by molar-refractivity contribution is 5.86. The summed E-state index contributed by atoms with van der Waals surface area (Å²) < 4.78 is 5.27. The summed E-state index contributed by atoms with van der Waals surface area (Å²) in [6, 6.07) is -0.379. The van der Waals surface area contributed by atoms with Crippen LogP contribution in [0.2, 0.25) is 0 Å². The van der Waals surface area contributed by atoms with Gasteiger partial charge in [0.15, 0.2) is 0 Å². The molecule has 0 aromatic rings. The van der Waals surface area contributed by atoms with Crippen molar-refractivity contribution in [3.8, 4) is 0 Å². The number of likely N-dealkylation sites (tertiary alicyclic amines) is 1. The Labute approximate surface area is 113 Å². The number of nitrogens with one attached hydrogen (secondary N) is 1. The van der Waals surface area contributed by atoms with Gasteiger partial charge in [0, 0.05) is 12.5 Å². The lowest BCUT2D eigenvalue weighted by Gasteiger charge is -2.27. The van der Waals surface area contributed by atoms with E-state index >= 15 is 0 Å². The predicted molar refractivity (Wildman–Crippen MR) is 68.5 cm³/mol. The standard InChI is InChI=1S/C13H22N2O4/c1-13(2,3)19-12(18)15-7-9(16)6-10(15)11(17)14-8-4-5-8/h8-10,16H,4-7H2,1-3H3,(H,14,17)/t9-,10-/m0/s1. The van der Waals surface area contributed by atoms with Crippen LogP contribution in [0.15, 0.2) is 0 Å². The summed E-state index contributed by atoms with van der Waals surface area (Å²) in [5.41, 5.74) is -0.609. The van der Waals surface area contributed by atoms with Crippen molar-refractivity contribution in [1.82, 2.24) is 10.2 Å². The molecule has 6 nitrogen and oxygen atoms in total. The fourth-order valence-electron chi connectivity index (χ4n) is 2.11. The molecule has 2 aliphatic rings. The van der Waals surface area contributed by atoms with Gasteiger partial charge < -0.3 is 15.2 Å². The monoisotopic (exact) mass is 270 g/mol. The molecule has 108 valence electrons. The van der Waals surface area contributed by atoms with Crippen molar-refractivity contribution in [3.63, 3.8) is 0 Å². The van der Waals surface area contributed by atoms with E-state index in [2.05, 4.69) is 5.32 Å². The molecule has 1 aliphatic heterocycles. The zero-order chi connectivity index (χ0) is 14.2. The topological polar surface area (TPSA) is 78.9 Å². The Morgan fingerprint density at radius 3 is 2.47 bits per heavy atom. The molecule has 0 unspecified atom stereocenters. The summed E-state index contributed by atoms with van der Waals surface area (Å²) in [5.74, 6) is -0.190. The Morgan fingerprint density at radius 2 is 1.95 bits per heavy atom. The van der Waals surface area contributed by atoms with Crippen LogP contribution in [0.25, 0.3) is 0 Å². The molecule has 2 fully saturated rings. The molecule has 0 bridgehead atoms. The highest BCUT2D eigenvalue weighted by Gasteiger charge is 2.42. The normalized spacial score (nSPS) is 27.3. The molecular weight excluding hydrogens is 248 g/mol. The van der Waals surface area contributed by atoms with Crippen LogP contribution in [-0.2, 0) is 9.53 Å². The van der Waals surface area contributed by atoms with Gasteiger partial charge in [0.2, 0.25) is 5.91 Å². The molecular formula is C13H22N2O4. The van der Waals surface area contributed by atoms with E-state index in [1.807, 2.05) is 0 Å². The van der Waals surface area contributed by atoms with Crippen molar-refractivity contribution in [2.24, 2.45) is 0 Å². The SMILES string of the molecule is CC(C)(C)OC(=O)N1C[C@@H](O)C[C@H]1C(=O)NC1CC1. The minimum Gasteiger partial charge on any atom is -0.444 e. The molecule has 1 saturated heterocycles. The van der Waals surface area contributed by atoms with Crippen molar-refractivity contribution >= 4 is 12.0 Å². The first-order valence-corrected chi connectivity index (χ1v) is 6.74. The van der Waals surface area contributed by atoms with E-state index in [0.29, 0.717) is 0 Å². The number of hydrogen-bond acceptors (Lipinski definition) is 4. The maximum absolute atomic E-state index is 12.1. The second kappa shape index (κ2) is 5.00. The van der Waals surface area contributed by atoms with Crippen LogP contribution in [-0.4, -0.2) is 52.3 Å². The van der Waals surface area contributed by atoms with E-state index in [0.717, 1.165) is 12.8 Å². The Bertz CT molecular complexity index is 373. The van der Waals surface area contributed by atoms with E-state index < -0.39 is 23.8 Å². The second-order valence-corrected chi connectivity index (χ2v) is 6.32. The average molecular weight is 270 g/mol. The summed E-state index contributed by atoms with van der Waals surface area (Å²) in [4.78, 5) is 25.4. The fourth-order valence-corrected chi connectivity index (χ4v) is 2.11. The molecule has 1 saturated carbocycles. The van der Waals surface area contributed by atoms with Gasteiger partial charge in [-0.3, -0.25) is 9.69 Å². The van der Waals surface area contributed by atoms with Crippen molar-refractivity contribution < 1.29 is 19.4 Å². The maximum atomic E-state index is 12.1. The molecule has 2 atom stereocenters. The summed E-state index contributed by atoms with van der Waals surface area (Å²) in [6.07, 6.45) is 1.06. The molecule has 2 N–H and O–H groups in total. The smallest absolute Gasteiger partial charge is 0.411 e. The number of β-amino-alcohol motifs (C(OH)–C–C–N with tert-alkyl or cyclic N) is 1. The third-order valence-electron chi connectivity index (χ3n) is 3.13. The van der Waals surface area contributed by atoms with E-state index in [4.69, 9.17) is 4.74 Å². The summed E-state index contributed by atoms with van der Waals surface area (Å²) in [5, 5.41) is 12.6. The molecule has 2 rings (SSSR count). The number of rotatable bonds is 2. The third-order valence-corrected chi connectivity index (χ3v) is 3.13. The number of aliphatic hydroxyl groups excluding tert-OH is 1. The predicted octanol–water partition coefficient (Wildman–Crippen LogP) is 0.635. The molecule has 19 heavy (non-hydrogen) atoms. The Morgan fingerprint density at radius 1 is 1.32 bits per heavy atom. The number of carbonyl (C=O) groups excluding carboxylic acids is 2. The van der Waals surface area contributed by atoms with Crippen LogP contribution in [0.4, 0.5) is 4.79 Å². The van der Waals surface area contributed by atoms with E-state index in [1.54, 1.807) is 20.8 Å². The maximum Gasteiger partial charge on any atom is 0.411 e. The van der Waals surface area contributed by atoms with Crippen LogP contribution >= 0.6 is 0 Å². The van der Waals surface area contributed by atoms with Gasteiger partial charge in [-0.05, 0) is 33.6 Å². The molecule has 0 aromatic heterocycles. The Balaban J connectivity index is 1.99. The third kappa shape index (κ3) is 3.83. The lowest BCUT2D eigenvalue weighted by Crippen LogP contribution is -2.48. The quantitative estimate of drug-likeness (QED) is 0.771. The van der Waals surface area contributed by atoms with Crippen LogP contribution in [0.1, 0.15) is 40.0 Å². The van der Waals surface area contributed by atoms with Gasteiger partial charge in [0.05, 0.1) is 12.6 Å². The van der Waals surface area contributed by atoms with Gasteiger partial charge in [-0.1, -0.05) is 0 Å². The molecule has 0 aromatic carbocycles. The highest BCUT2D eigenvalue weighted by Crippen LogP contribution is 2.24. The van der Waals surface area contributed by atoms with Gasteiger partial charge in [-0.25, -0.2) is 4.79 Å². The van der Waals surface area contributed by atoms with Gasteiger partial charge >= 0.3 is 6.09 Å². The molecule has 1 heterocycles.